The van der Waals surface area contributed by atoms with Gasteiger partial charge < -0.3 is 10.4 Å². The molecule has 156 valence electrons. The maximum Gasteiger partial charge on any atom is 0.273 e. The van der Waals surface area contributed by atoms with E-state index in [1.165, 1.54) is 6.21 Å². The van der Waals surface area contributed by atoms with Gasteiger partial charge in [-0.25, -0.2) is 5.43 Å². The first-order valence-electron chi connectivity index (χ1n) is 9.41. The van der Waals surface area contributed by atoms with Gasteiger partial charge in [-0.3, -0.25) is 9.59 Å². The van der Waals surface area contributed by atoms with Gasteiger partial charge in [-0.2, -0.15) is 5.10 Å². The number of hydrogen-bond acceptors (Lipinski definition) is 4. The second-order valence-electron chi connectivity index (χ2n) is 6.53. The lowest BCUT2D eigenvalue weighted by atomic mass is 10.1. The Kier molecular flexibility index (Phi) is 7.19. The molecule has 0 aliphatic heterocycles. The van der Waals surface area contributed by atoms with Crippen LogP contribution in [-0.2, 0) is 6.42 Å². The Labute approximate surface area is 184 Å². The van der Waals surface area contributed by atoms with E-state index in [2.05, 4.69) is 22.4 Å². The fourth-order valence-corrected chi connectivity index (χ4v) is 3.10. The number of carbonyl (C=O) groups is 2. The third-order valence-electron chi connectivity index (χ3n) is 4.42. The van der Waals surface area contributed by atoms with E-state index in [4.69, 9.17) is 11.6 Å². The van der Waals surface area contributed by atoms with E-state index in [0.29, 0.717) is 33.8 Å². The molecule has 0 radical (unpaired) electrons. The summed E-state index contributed by atoms with van der Waals surface area (Å²) in [6.45, 7) is 3.66. The van der Waals surface area contributed by atoms with Gasteiger partial charge in [-0.15, -0.1) is 6.58 Å². The highest BCUT2D eigenvalue weighted by molar-refractivity contribution is 6.34. The van der Waals surface area contributed by atoms with E-state index in [0.717, 1.165) is 0 Å². The number of nitrogens with zero attached hydrogens (tertiary/aromatic N) is 1. The molecular formula is C24H20ClN3O3. The second kappa shape index (κ2) is 10.2. The highest BCUT2D eigenvalue weighted by Crippen LogP contribution is 2.22. The van der Waals surface area contributed by atoms with Gasteiger partial charge in [-0.05, 0) is 42.3 Å². The molecule has 0 heterocycles. The van der Waals surface area contributed by atoms with Crippen molar-refractivity contribution in [2.75, 3.05) is 5.32 Å². The molecule has 3 aromatic rings. The minimum atomic E-state index is -0.520. The number of hydrogen-bond donors (Lipinski definition) is 3. The van der Waals surface area contributed by atoms with Gasteiger partial charge in [0.1, 0.15) is 5.75 Å². The smallest absolute Gasteiger partial charge is 0.273 e. The van der Waals surface area contributed by atoms with Gasteiger partial charge in [0.25, 0.3) is 11.8 Å². The maximum absolute atomic E-state index is 12.6. The number of allylic oxidation sites excluding steroid dienone is 1. The number of halogens is 1. The van der Waals surface area contributed by atoms with Crippen LogP contribution in [0.3, 0.4) is 0 Å². The molecule has 0 saturated carbocycles. The van der Waals surface area contributed by atoms with Crippen molar-refractivity contribution in [2.24, 2.45) is 5.10 Å². The number of phenols is 1. The van der Waals surface area contributed by atoms with Crippen molar-refractivity contribution in [1.29, 1.82) is 0 Å². The SMILES string of the molecule is C=CCc1cccc(/C=N\NC(=O)c2ccccc2NC(=O)c2ccccc2Cl)c1O. The molecule has 0 aliphatic carbocycles. The highest BCUT2D eigenvalue weighted by atomic mass is 35.5. The molecule has 0 aliphatic rings. The first kappa shape index (κ1) is 21.8. The molecule has 7 heteroatoms. The zero-order chi connectivity index (χ0) is 22.2. The molecule has 3 N–H and O–H groups in total. The third kappa shape index (κ3) is 5.38. The van der Waals surface area contributed by atoms with Crippen molar-refractivity contribution < 1.29 is 14.7 Å². The Hall–Kier alpha value is -3.90. The Morgan fingerprint density at radius 3 is 2.42 bits per heavy atom. The van der Waals surface area contributed by atoms with E-state index in [9.17, 15) is 14.7 Å². The predicted molar refractivity (Wildman–Crippen MR) is 123 cm³/mol. The molecule has 0 saturated heterocycles. The lowest BCUT2D eigenvalue weighted by Crippen LogP contribution is -2.21. The summed E-state index contributed by atoms with van der Waals surface area (Å²) in [7, 11) is 0. The Balaban J connectivity index is 1.74. The number of benzene rings is 3. The fraction of sp³-hybridized carbons (Fsp3) is 0.0417. The average Bonchev–Trinajstić information content (AvgIpc) is 2.77. The van der Waals surface area contributed by atoms with Crippen LogP contribution in [0.4, 0.5) is 5.69 Å². The molecule has 0 bridgehead atoms. The highest BCUT2D eigenvalue weighted by Gasteiger charge is 2.15. The normalized spacial score (nSPS) is 10.6. The summed E-state index contributed by atoms with van der Waals surface area (Å²) >= 11 is 6.07. The number of para-hydroxylation sites is 2. The van der Waals surface area contributed by atoms with Crippen LogP contribution in [0.2, 0.25) is 5.02 Å². The summed E-state index contributed by atoms with van der Waals surface area (Å²) in [5.74, 6) is -0.876. The zero-order valence-electron chi connectivity index (χ0n) is 16.5. The summed E-state index contributed by atoms with van der Waals surface area (Å²) in [6.07, 6.45) is 3.55. The average molecular weight is 434 g/mol. The molecule has 0 atom stereocenters. The number of anilines is 1. The third-order valence-corrected chi connectivity index (χ3v) is 4.75. The second-order valence-corrected chi connectivity index (χ2v) is 6.93. The summed E-state index contributed by atoms with van der Waals surface area (Å²) in [6, 6.07) is 18.4. The standard InChI is InChI=1S/C24H20ClN3O3/c1-2-8-16-9-7-10-17(22(16)29)15-26-28-24(31)19-12-4-6-14-21(19)27-23(30)18-11-3-5-13-20(18)25/h2-7,9-15,29H,1,8H2,(H,27,30)(H,28,31)/b26-15-. The molecule has 0 unspecified atom stereocenters. The number of nitrogens with one attached hydrogen (secondary N) is 2. The van der Waals surface area contributed by atoms with E-state index in [1.54, 1.807) is 72.8 Å². The minimum Gasteiger partial charge on any atom is -0.507 e. The number of phenolic OH excluding ortho intramolecular Hbond substituents is 1. The van der Waals surface area contributed by atoms with E-state index < -0.39 is 11.8 Å². The van der Waals surface area contributed by atoms with Gasteiger partial charge in [0, 0.05) is 5.56 Å². The first-order valence-corrected chi connectivity index (χ1v) is 9.79. The van der Waals surface area contributed by atoms with Crippen molar-refractivity contribution in [3.63, 3.8) is 0 Å². The molecule has 2 amide bonds. The van der Waals surface area contributed by atoms with Crippen LogP contribution in [0, 0.1) is 0 Å². The van der Waals surface area contributed by atoms with Crippen molar-refractivity contribution in [1.82, 2.24) is 5.43 Å². The zero-order valence-corrected chi connectivity index (χ0v) is 17.3. The summed E-state index contributed by atoms with van der Waals surface area (Å²) in [4.78, 5) is 25.2. The van der Waals surface area contributed by atoms with E-state index in [1.807, 2.05) is 0 Å². The molecule has 0 spiro atoms. The molecule has 3 rings (SSSR count). The Morgan fingerprint density at radius 2 is 1.68 bits per heavy atom. The molecule has 0 aromatic heterocycles. The lowest BCUT2D eigenvalue weighted by Gasteiger charge is -2.11. The number of hydrazone groups is 1. The van der Waals surface area contributed by atoms with E-state index >= 15 is 0 Å². The van der Waals surface area contributed by atoms with Crippen LogP contribution in [0.25, 0.3) is 0 Å². The predicted octanol–water partition coefficient (Wildman–Crippen LogP) is 4.79. The number of rotatable bonds is 7. The van der Waals surface area contributed by atoms with Gasteiger partial charge in [0.2, 0.25) is 0 Å². The van der Waals surface area contributed by atoms with Gasteiger partial charge in [0.15, 0.2) is 0 Å². The summed E-state index contributed by atoms with van der Waals surface area (Å²) in [5.41, 5.74) is 4.42. The topological polar surface area (TPSA) is 90.8 Å². The fourth-order valence-electron chi connectivity index (χ4n) is 2.88. The molecular weight excluding hydrogens is 414 g/mol. The Morgan fingerprint density at radius 1 is 0.968 bits per heavy atom. The van der Waals surface area contributed by atoms with Crippen LogP contribution >= 0.6 is 11.6 Å². The van der Waals surface area contributed by atoms with Crippen LogP contribution in [0.15, 0.2) is 84.5 Å². The number of carbonyl (C=O) groups excluding carboxylic acids is 2. The van der Waals surface area contributed by atoms with Crippen LogP contribution in [0.5, 0.6) is 5.75 Å². The Bertz CT molecular complexity index is 1160. The van der Waals surface area contributed by atoms with Gasteiger partial charge >= 0.3 is 0 Å². The van der Waals surface area contributed by atoms with Crippen molar-refractivity contribution >= 4 is 35.3 Å². The van der Waals surface area contributed by atoms with Crippen LogP contribution in [-0.4, -0.2) is 23.1 Å². The minimum absolute atomic E-state index is 0.0767. The number of amides is 2. The largest absolute Gasteiger partial charge is 0.507 e. The molecule has 3 aromatic carbocycles. The van der Waals surface area contributed by atoms with Crippen molar-refractivity contribution in [3.05, 3.63) is 107 Å². The van der Waals surface area contributed by atoms with E-state index in [-0.39, 0.29) is 11.3 Å². The van der Waals surface area contributed by atoms with Crippen molar-refractivity contribution in [2.45, 2.75) is 6.42 Å². The van der Waals surface area contributed by atoms with Crippen LogP contribution in [0.1, 0.15) is 31.8 Å². The monoisotopic (exact) mass is 433 g/mol. The lowest BCUT2D eigenvalue weighted by molar-refractivity contribution is 0.0956. The summed E-state index contributed by atoms with van der Waals surface area (Å²) in [5, 5.41) is 17.2. The molecule has 31 heavy (non-hydrogen) atoms. The van der Waals surface area contributed by atoms with Gasteiger partial charge in [0.05, 0.1) is 28.1 Å². The van der Waals surface area contributed by atoms with Gasteiger partial charge in [-0.1, -0.05) is 54.1 Å². The summed E-state index contributed by atoms with van der Waals surface area (Å²) < 4.78 is 0. The van der Waals surface area contributed by atoms with Crippen molar-refractivity contribution in [3.8, 4) is 5.75 Å². The first-order chi connectivity index (χ1) is 15.0. The molecule has 6 nitrogen and oxygen atoms in total. The number of aromatic hydroxyl groups is 1. The molecule has 0 fully saturated rings. The maximum atomic E-state index is 12.6. The van der Waals surface area contributed by atoms with Crippen LogP contribution < -0.4 is 10.7 Å². The quantitative estimate of drug-likeness (QED) is 0.284.